The molecule has 4 heteroatoms. The third-order valence-electron chi connectivity index (χ3n) is 6.92. The first kappa shape index (κ1) is 23.5. The van der Waals surface area contributed by atoms with Crippen molar-refractivity contribution in [2.75, 3.05) is 5.73 Å². The average molecular weight is 437 g/mol. The summed E-state index contributed by atoms with van der Waals surface area (Å²) in [5.41, 5.74) is 13.5. The molecule has 3 rings (SSSR count). The Kier molecular flexibility index (Phi) is 6.90. The van der Waals surface area contributed by atoms with Gasteiger partial charge in [0.2, 0.25) is 0 Å². The van der Waals surface area contributed by atoms with Gasteiger partial charge in [-0.2, -0.15) is 0 Å². The van der Waals surface area contributed by atoms with Crippen molar-refractivity contribution in [2.45, 2.75) is 84.4 Å². The molecule has 2 aromatic carbocycles. The summed E-state index contributed by atoms with van der Waals surface area (Å²) in [6, 6.07) is 12.9. The maximum atomic E-state index is 7.07. The highest BCUT2D eigenvalue weighted by atomic mass is 28.4. The number of hydrogen-bond donors (Lipinski definition) is 2. The fourth-order valence-corrected chi connectivity index (χ4v) is 10.7. The van der Waals surface area contributed by atoms with Crippen molar-refractivity contribution in [1.29, 1.82) is 0 Å². The van der Waals surface area contributed by atoms with Gasteiger partial charge in [0.15, 0.2) is 0 Å². The number of benzene rings is 2. The lowest BCUT2D eigenvalue weighted by atomic mass is 9.96. The molecule has 168 valence electrons. The molecule has 0 aliphatic carbocycles. The summed E-state index contributed by atoms with van der Waals surface area (Å²) >= 11 is 0. The van der Waals surface area contributed by atoms with E-state index in [0.717, 1.165) is 23.4 Å². The zero-order valence-electron chi connectivity index (χ0n) is 20.5. The Bertz CT molecular complexity index is 1010. The second-order valence-corrected chi connectivity index (χ2v) is 15.6. The maximum Gasteiger partial charge on any atom is 0.258 e. The average Bonchev–Trinajstić information content (AvgIpc) is 3.10. The van der Waals surface area contributed by atoms with Gasteiger partial charge in [0, 0.05) is 11.6 Å². The molecule has 0 unspecified atom stereocenters. The molecule has 0 fully saturated rings. The van der Waals surface area contributed by atoms with E-state index in [1.807, 2.05) is 12.1 Å². The van der Waals surface area contributed by atoms with Crippen LogP contribution in [0.15, 0.2) is 42.6 Å². The monoisotopic (exact) mass is 436 g/mol. The summed E-state index contributed by atoms with van der Waals surface area (Å²) in [5.74, 6) is 1.50. The number of H-pyrrole nitrogens is 1. The van der Waals surface area contributed by atoms with Gasteiger partial charge in [-0.15, -0.1) is 0 Å². The van der Waals surface area contributed by atoms with Crippen LogP contribution in [-0.2, 0) is 6.42 Å². The number of hydrogen-bond acceptors (Lipinski definition) is 2. The van der Waals surface area contributed by atoms with E-state index >= 15 is 0 Å². The van der Waals surface area contributed by atoms with Crippen LogP contribution in [0.2, 0.25) is 16.6 Å². The summed E-state index contributed by atoms with van der Waals surface area (Å²) in [6.45, 7) is 18.6. The maximum absolute atomic E-state index is 7.07. The van der Waals surface area contributed by atoms with Gasteiger partial charge in [-0.1, -0.05) is 79.7 Å². The van der Waals surface area contributed by atoms with E-state index in [2.05, 4.69) is 90.8 Å². The summed E-state index contributed by atoms with van der Waals surface area (Å²) in [4.78, 5) is 3.35. The molecule has 0 bridgehead atoms. The molecule has 0 spiro atoms. The van der Waals surface area contributed by atoms with Crippen LogP contribution in [0, 0.1) is 0 Å². The van der Waals surface area contributed by atoms with E-state index in [4.69, 9.17) is 10.2 Å². The molecule has 1 aromatic heterocycles. The molecule has 3 nitrogen and oxygen atoms in total. The third kappa shape index (κ3) is 4.41. The number of nitrogens with one attached hydrogen (secondary N) is 1. The van der Waals surface area contributed by atoms with Gasteiger partial charge in [-0.25, -0.2) is 0 Å². The number of nitrogens with two attached hydrogens (primary N) is 1. The molecule has 0 saturated heterocycles. The van der Waals surface area contributed by atoms with Crippen molar-refractivity contribution >= 4 is 24.9 Å². The van der Waals surface area contributed by atoms with Gasteiger partial charge < -0.3 is 15.1 Å². The van der Waals surface area contributed by atoms with Crippen LogP contribution in [0.5, 0.6) is 5.75 Å². The Morgan fingerprint density at radius 1 is 0.903 bits per heavy atom. The SMILES string of the molecule is CC(C)c1cc(Cc2c[nH]c3c(N)cccc23)ccc1O[Si](C(C)C)(C(C)C)C(C)C. The molecular weight excluding hydrogens is 396 g/mol. The van der Waals surface area contributed by atoms with Crippen molar-refractivity contribution in [3.05, 3.63) is 59.3 Å². The Hall–Kier alpha value is -2.20. The number of nitrogen functional groups attached to an aromatic ring is 1. The fourth-order valence-electron chi connectivity index (χ4n) is 5.40. The molecule has 0 radical (unpaired) electrons. The number of aromatic nitrogens is 1. The minimum Gasteiger partial charge on any atom is -0.542 e. The van der Waals surface area contributed by atoms with Gasteiger partial charge in [-0.05, 0) is 57.8 Å². The van der Waals surface area contributed by atoms with Gasteiger partial charge in [0.05, 0.1) is 11.2 Å². The lowest BCUT2D eigenvalue weighted by Crippen LogP contribution is -2.50. The van der Waals surface area contributed by atoms with E-state index < -0.39 is 8.32 Å². The van der Waals surface area contributed by atoms with Gasteiger partial charge in [-0.3, -0.25) is 0 Å². The van der Waals surface area contributed by atoms with Crippen LogP contribution >= 0.6 is 0 Å². The number of para-hydroxylation sites is 1. The van der Waals surface area contributed by atoms with E-state index in [0.29, 0.717) is 22.5 Å². The molecule has 0 atom stereocenters. The number of anilines is 1. The second kappa shape index (κ2) is 9.11. The van der Waals surface area contributed by atoms with E-state index in [1.165, 1.54) is 22.1 Å². The second-order valence-electron chi connectivity index (χ2n) is 10.2. The lowest BCUT2D eigenvalue weighted by Gasteiger charge is -2.43. The molecule has 3 N–H and O–H groups in total. The molecule has 0 saturated carbocycles. The summed E-state index contributed by atoms with van der Waals surface area (Å²) < 4.78 is 7.07. The first-order chi connectivity index (χ1) is 14.6. The number of rotatable bonds is 8. The van der Waals surface area contributed by atoms with Gasteiger partial charge in [0.1, 0.15) is 5.75 Å². The first-order valence-corrected chi connectivity index (χ1v) is 13.9. The van der Waals surface area contributed by atoms with Crippen LogP contribution in [0.1, 0.15) is 78.0 Å². The van der Waals surface area contributed by atoms with Crippen LogP contribution < -0.4 is 10.2 Å². The van der Waals surface area contributed by atoms with Crippen LogP contribution in [0.4, 0.5) is 5.69 Å². The molecular formula is C27H40N2OSi. The van der Waals surface area contributed by atoms with Crippen LogP contribution in [0.3, 0.4) is 0 Å². The molecule has 0 aliphatic heterocycles. The predicted molar refractivity (Wildman–Crippen MR) is 138 cm³/mol. The van der Waals surface area contributed by atoms with E-state index in [-0.39, 0.29) is 0 Å². The third-order valence-corrected chi connectivity index (χ3v) is 12.9. The fraction of sp³-hybridized carbons (Fsp3) is 0.481. The van der Waals surface area contributed by atoms with Gasteiger partial charge >= 0.3 is 0 Å². The highest BCUT2D eigenvalue weighted by Crippen LogP contribution is 2.44. The van der Waals surface area contributed by atoms with Crippen LogP contribution in [-0.4, -0.2) is 13.3 Å². The zero-order chi connectivity index (χ0) is 22.9. The molecule has 31 heavy (non-hydrogen) atoms. The standard InChI is InChI=1S/C27H40N2OSi/c1-17(2)24-15-21(14-22-16-29-27-23(22)10-9-11-25(27)28)12-13-26(24)30-31(18(3)4,19(5)6)20(7)8/h9-13,15-20,29H,14,28H2,1-8H3. The zero-order valence-corrected chi connectivity index (χ0v) is 21.5. The molecule has 1 heterocycles. The van der Waals surface area contributed by atoms with Crippen molar-refractivity contribution in [2.24, 2.45) is 0 Å². The minimum absolute atomic E-state index is 0.409. The first-order valence-electron chi connectivity index (χ1n) is 11.7. The van der Waals surface area contributed by atoms with E-state index in [9.17, 15) is 0 Å². The Morgan fingerprint density at radius 2 is 1.55 bits per heavy atom. The molecule has 0 aliphatic rings. The normalized spacial score (nSPS) is 12.6. The Balaban J connectivity index is 1.98. The summed E-state index contributed by atoms with van der Waals surface area (Å²) in [7, 11) is -1.99. The van der Waals surface area contributed by atoms with Crippen molar-refractivity contribution in [3.63, 3.8) is 0 Å². The topological polar surface area (TPSA) is 51.0 Å². The summed E-state index contributed by atoms with van der Waals surface area (Å²) in [5, 5.41) is 1.21. The largest absolute Gasteiger partial charge is 0.542 e. The number of fused-ring (bicyclic) bond motifs is 1. The minimum atomic E-state index is -1.99. The molecule has 3 aromatic rings. The Morgan fingerprint density at radius 3 is 2.13 bits per heavy atom. The quantitative estimate of drug-likeness (QED) is 0.277. The smallest absolute Gasteiger partial charge is 0.258 e. The van der Waals surface area contributed by atoms with E-state index in [1.54, 1.807) is 0 Å². The lowest BCUT2D eigenvalue weighted by molar-refractivity contribution is 0.472. The van der Waals surface area contributed by atoms with Crippen molar-refractivity contribution in [1.82, 2.24) is 4.98 Å². The van der Waals surface area contributed by atoms with Crippen LogP contribution in [0.25, 0.3) is 10.9 Å². The van der Waals surface area contributed by atoms with Crippen molar-refractivity contribution in [3.8, 4) is 5.75 Å². The Labute approximate surface area is 189 Å². The van der Waals surface area contributed by atoms with Crippen molar-refractivity contribution < 1.29 is 4.43 Å². The van der Waals surface area contributed by atoms with Gasteiger partial charge in [0.25, 0.3) is 8.32 Å². The number of aromatic amines is 1. The summed E-state index contributed by atoms with van der Waals surface area (Å²) in [6.07, 6.45) is 2.97. The highest BCUT2D eigenvalue weighted by Gasteiger charge is 2.47. The predicted octanol–water partition coefficient (Wildman–Crippen LogP) is 8.02. The molecule has 0 amide bonds. The highest BCUT2D eigenvalue weighted by molar-refractivity contribution is 6.78.